The smallest absolute Gasteiger partial charge is 0.262 e. The largest absolute Gasteiger partial charge is 0.325 e. The number of nitrogens with zero attached hydrogens (tertiary/aromatic N) is 3. The lowest BCUT2D eigenvalue weighted by Gasteiger charge is -2.07. The number of benzene rings is 2. The van der Waals surface area contributed by atoms with Crippen LogP contribution in [0.2, 0.25) is 10.0 Å². The minimum absolute atomic E-state index is 0.0489. The Bertz CT molecular complexity index is 1320. The molecule has 4 rings (SSSR count). The van der Waals surface area contributed by atoms with Crippen molar-refractivity contribution in [2.24, 2.45) is 0 Å². The molecule has 2 aromatic carbocycles. The zero-order valence-electron chi connectivity index (χ0n) is 15.6. The molecule has 0 radical (unpaired) electrons. The number of nitrogens with one attached hydrogen (secondary N) is 2. The van der Waals surface area contributed by atoms with E-state index in [1.165, 1.54) is 6.20 Å². The van der Waals surface area contributed by atoms with E-state index in [1.54, 1.807) is 22.9 Å². The number of amides is 1. The highest BCUT2D eigenvalue weighted by Crippen LogP contribution is 2.25. The number of aryl methyl sites for hydroxylation is 1. The summed E-state index contributed by atoms with van der Waals surface area (Å²) < 4.78 is 1.61. The molecule has 10 heteroatoms. The maximum Gasteiger partial charge on any atom is 0.262 e. The SMILES string of the molecule is Cc1cccc(-n2ncc3c(=O)[nH]c(SCC(=O)Nc4ccc(Cl)c(Cl)c4)nc32)c1. The molecule has 0 fully saturated rings. The van der Waals surface area contributed by atoms with E-state index in [4.69, 9.17) is 23.2 Å². The Morgan fingerprint density at radius 1 is 1.20 bits per heavy atom. The summed E-state index contributed by atoms with van der Waals surface area (Å²) >= 11 is 13.0. The van der Waals surface area contributed by atoms with E-state index >= 15 is 0 Å². The normalized spacial score (nSPS) is 11.0. The summed E-state index contributed by atoms with van der Waals surface area (Å²) in [6.45, 7) is 1.98. The molecule has 0 unspecified atom stereocenters. The zero-order valence-corrected chi connectivity index (χ0v) is 18.0. The molecule has 2 aromatic heterocycles. The molecule has 0 spiro atoms. The van der Waals surface area contributed by atoms with E-state index < -0.39 is 0 Å². The minimum Gasteiger partial charge on any atom is -0.325 e. The summed E-state index contributed by atoms with van der Waals surface area (Å²) in [5.74, 6) is -0.221. The van der Waals surface area contributed by atoms with E-state index in [0.717, 1.165) is 23.0 Å². The first-order chi connectivity index (χ1) is 14.4. The van der Waals surface area contributed by atoms with Crippen molar-refractivity contribution in [3.05, 3.63) is 74.6 Å². The van der Waals surface area contributed by atoms with Gasteiger partial charge in [0.2, 0.25) is 5.91 Å². The lowest BCUT2D eigenvalue weighted by atomic mass is 10.2. The third-order valence-electron chi connectivity index (χ3n) is 4.21. The zero-order chi connectivity index (χ0) is 21.3. The predicted octanol–water partition coefficient (Wildman–Crippen LogP) is 4.45. The molecule has 7 nitrogen and oxygen atoms in total. The Labute approximate surface area is 185 Å². The Morgan fingerprint density at radius 2 is 2.03 bits per heavy atom. The Kier molecular flexibility index (Phi) is 5.80. The highest BCUT2D eigenvalue weighted by Gasteiger charge is 2.13. The van der Waals surface area contributed by atoms with E-state index in [9.17, 15) is 9.59 Å². The average molecular weight is 460 g/mol. The van der Waals surface area contributed by atoms with Crippen LogP contribution < -0.4 is 10.9 Å². The van der Waals surface area contributed by atoms with Crippen molar-refractivity contribution in [1.82, 2.24) is 19.7 Å². The second kappa shape index (κ2) is 8.51. The maximum atomic E-state index is 12.4. The van der Waals surface area contributed by atoms with Gasteiger partial charge in [0.1, 0.15) is 5.39 Å². The highest BCUT2D eigenvalue weighted by atomic mass is 35.5. The lowest BCUT2D eigenvalue weighted by molar-refractivity contribution is -0.113. The number of hydrogen-bond acceptors (Lipinski definition) is 5. The quantitative estimate of drug-likeness (QED) is 0.339. The van der Waals surface area contributed by atoms with Gasteiger partial charge in [-0.25, -0.2) is 9.67 Å². The van der Waals surface area contributed by atoms with Gasteiger partial charge in [-0.3, -0.25) is 9.59 Å². The fourth-order valence-electron chi connectivity index (χ4n) is 2.82. The second-order valence-electron chi connectivity index (χ2n) is 6.47. The van der Waals surface area contributed by atoms with Crippen LogP contribution in [0.15, 0.2) is 58.6 Å². The first kappa shape index (κ1) is 20.5. The first-order valence-corrected chi connectivity index (χ1v) is 10.6. The van der Waals surface area contributed by atoms with Gasteiger partial charge in [0, 0.05) is 5.69 Å². The van der Waals surface area contributed by atoms with E-state index in [2.05, 4.69) is 20.4 Å². The molecule has 0 bridgehead atoms. The van der Waals surface area contributed by atoms with E-state index in [-0.39, 0.29) is 17.2 Å². The number of carbonyl (C=O) groups excluding carboxylic acids is 1. The molecule has 1 amide bonds. The fourth-order valence-corrected chi connectivity index (χ4v) is 3.77. The molecule has 0 aliphatic carbocycles. The summed E-state index contributed by atoms with van der Waals surface area (Å²) in [4.78, 5) is 31.9. The van der Waals surface area contributed by atoms with Crippen LogP contribution in [0.4, 0.5) is 5.69 Å². The molecule has 2 heterocycles. The summed E-state index contributed by atoms with van der Waals surface area (Å²) in [6, 6.07) is 12.6. The number of halogens is 2. The van der Waals surface area contributed by atoms with Crippen molar-refractivity contribution >= 4 is 57.6 Å². The van der Waals surface area contributed by atoms with Gasteiger partial charge in [-0.05, 0) is 42.8 Å². The Morgan fingerprint density at radius 3 is 2.80 bits per heavy atom. The molecule has 0 atom stereocenters. The van der Waals surface area contributed by atoms with Crippen molar-refractivity contribution in [3.63, 3.8) is 0 Å². The Hall–Kier alpha value is -2.81. The number of carbonyl (C=O) groups is 1. The number of H-pyrrole nitrogens is 1. The number of rotatable bonds is 5. The molecule has 0 saturated carbocycles. The number of hydrogen-bond donors (Lipinski definition) is 2. The summed E-state index contributed by atoms with van der Waals surface area (Å²) in [5.41, 5.74) is 2.51. The van der Waals surface area contributed by atoms with Crippen molar-refractivity contribution < 1.29 is 4.79 Å². The standard InChI is InChI=1S/C20H15Cl2N5O2S/c1-11-3-2-4-13(7-11)27-18-14(9-23-27)19(29)26-20(25-18)30-10-17(28)24-12-5-6-15(21)16(22)8-12/h2-9H,10H2,1H3,(H,24,28)(H,25,26,29). The van der Waals surface area contributed by atoms with Crippen LogP contribution >= 0.6 is 35.0 Å². The number of aromatic amines is 1. The first-order valence-electron chi connectivity index (χ1n) is 8.83. The van der Waals surface area contributed by atoms with Gasteiger partial charge >= 0.3 is 0 Å². The molecule has 0 saturated heterocycles. The molecule has 0 aliphatic rings. The molecular formula is C20H15Cl2N5O2S. The predicted molar refractivity (Wildman–Crippen MR) is 120 cm³/mol. The third kappa shape index (κ3) is 4.35. The molecule has 30 heavy (non-hydrogen) atoms. The van der Waals surface area contributed by atoms with Crippen LogP contribution in [0.5, 0.6) is 0 Å². The van der Waals surface area contributed by atoms with Crippen molar-refractivity contribution in [2.45, 2.75) is 12.1 Å². The molecular weight excluding hydrogens is 445 g/mol. The monoisotopic (exact) mass is 459 g/mol. The van der Waals surface area contributed by atoms with Gasteiger partial charge in [0.25, 0.3) is 5.56 Å². The molecule has 0 aliphatic heterocycles. The number of fused-ring (bicyclic) bond motifs is 1. The third-order valence-corrected chi connectivity index (χ3v) is 5.82. The van der Waals surface area contributed by atoms with Crippen molar-refractivity contribution in [2.75, 3.05) is 11.1 Å². The van der Waals surface area contributed by atoms with Gasteiger partial charge in [0.15, 0.2) is 10.8 Å². The maximum absolute atomic E-state index is 12.4. The van der Waals surface area contributed by atoms with Gasteiger partial charge in [-0.15, -0.1) is 0 Å². The van der Waals surface area contributed by atoms with Crippen LogP contribution in [-0.2, 0) is 4.79 Å². The molecule has 152 valence electrons. The highest BCUT2D eigenvalue weighted by molar-refractivity contribution is 7.99. The molecule has 4 aromatic rings. The fraction of sp³-hybridized carbons (Fsp3) is 0.100. The summed E-state index contributed by atoms with van der Waals surface area (Å²) in [5, 5.41) is 8.49. The Balaban J connectivity index is 1.54. The lowest BCUT2D eigenvalue weighted by Crippen LogP contribution is -2.15. The topological polar surface area (TPSA) is 92.7 Å². The summed E-state index contributed by atoms with van der Waals surface area (Å²) in [6.07, 6.45) is 1.48. The van der Waals surface area contributed by atoms with Crippen LogP contribution in [0.3, 0.4) is 0 Å². The second-order valence-corrected chi connectivity index (χ2v) is 8.25. The van der Waals surface area contributed by atoms with Crippen LogP contribution in [0.25, 0.3) is 16.7 Å². The van der Waals surface area contributed by atoms with Gasteiger partial charge in [0.05, 0.1) is 27.7 Å². The number of anilines is 1. The van der Waals surface area contributed by atoms with Crippen molar-refractivity contribution in [1.29, 1.82) is 0 Å². The van der Waals surface area contributed by atoms with E-state index in [1.807, 2.05) is 31.2 Å². The van der Waals surface area contributed by atoms with E-state index in [0.29, 0.717) is 31.9 Å². The van der Waals surface area contributed by atoms with Crippen LogP contribution in [-0.4, -0.2) is 31.4 Å². The van der Waals surface area contributed by atoms with Crippen molar-refractivity contribution in [3.8, 4) is 5.69 Å². The van der Waals surface area contributed by atoms with Gasteiger partial charge < -0.3 is 10.3 Å². The number of aromatic nitrogens is 4. The van der Waals surface area contributed by atoms with Crippen LogP contribution in [0, 0.1) is 6.92 Å². The molecule has 2 N–H and O–H groups in total. The van der Waals surface area contributed by atoms with Crippen LogP contribution in [0.1, 0.15) is 5.56 Å². The average Bonchev–Trinajstić information content (AvgIpc) is 3.14. The van der Waals surface area contributed by atoms with Gasteiger partial charge in [-0.1, -0.05) is 47.1 Å². The van der Waals surface area contributed by atoms with Gasteiger partial charge in [-0.2, -0.15) is 5.10 Å². The minimum atomic E-state index is -0.314. The summed E-state index contributed by atoms with van der Waals surface area (Å²) in [7, 11) is 0. The number of thioether (sulfide) groups is 1.